The van der Waals surface area contributed by atoms with Crippen LogP contribution in [0.15, 0.2) is 12.2 Å². The summed E-state index contributed by atoms with van der Waals surface area (Å²) < 4.78 is 0. The van der Waals surface area contributed by atoms with Crippen molar-refractivity contribution in [2.24, 2.45) is 11.8 Å². The molecule has 0 saturated heterocycles. The normalized spacial score (nSPS) is 16.3. The Balaban J connectivity index is 3.43. The lowest BCUT2D eigenvalue weighted by atomic mass is 9.88. The second-order valence-electron chi connectivity index (χ2n) is 4.24. The fourth-order valence-corrected chi connectivity index (χ4v) is 1.75. The molecule has 0 rings (SSSR count). The van der Waals surface area contributed by atoms with Gasteiger partial charge < -0.3 is 0 Å². The molecule has 0 heteroatoms. The van der Waals surface area contributed by atoms with Crippen LogP contribution in [0.25, 0.3) is 0 Å². The van der Waals surface area contributed by atoms with Crippen molar-refractivity contribution in [3.8, 4) is 0 Å². The van der Waals surface area contributed by atoms with E-state index in [1.54, 1.807) is 0 Å². The molecule has 0 heterocycles. The highest BCUT2D eigenvalue weighted by Crippen LogP contribution is 2.21. The molecule has 0 aromatic heterocycles. The molecule has 0 aliphatic rings. The van der Waals surface area contributed by atoms with E-state index < -0.39 is 0 Å². The first kappa shape index (κ1) is 12.7. The molecular weight excluding hydrogens is 156 g/mol. The van der Waals surface area contributed by atoms with Crippen molar-refractivity contribution in [2.45, 2.75) is 59.8 Å². The molecule has 2 atom stereocenters. The van der Waals surface area contributed by atoms with E-state index in [4.69, 9.17) is 0 Å². The monoisotopic (exact) mass is 182 g/mol. The first-order chi connectivity index (χ1) is 6.22. The van der Waals surface area contributed by atoms with Crippen LogP contribution in [0.3, 0.4) is 0 Å². The minimum atomic E-state index is 0.908. The van der Waals surface area contributed by atoms with Crippen molar-refractivity contribution in [3.05, 3.63) is 12.2 Å². The number of allylic oxidation sites excluding steroid dienone is 2. The van der Waals surface area contributed by atoms with Crippen LogP contribution in [0, 0.1) is 11.8 Å². The maximum atomic E-state index is 2.40. The summed E-state index contributed by atoms with van der Waals surface area (Å²) in [5, 5.41) is 0. The Labute approximate surface area is 84.4 Å². The Morgan fingerprint density at radius 3 is 2.23 bits per heavy atom. The van der Waals surface area contributed by atoms with Gasteiger partial charge in [-0.3, -0.25) is 0 Å². The third-order valence-corrected chi connectivity index (χ3v) is 2.98. The van der Waals surface area contributed by atoms with E-state index >= 15 is 0 Å². The maximum Gasteiger partial charge on any atom is -0.0351 e. The molecule has 0 aliphatic heterocycles. The molecule has 0 amide bonds. The summed E-state index contributed by atoms with van der Waals surface area (Å²) in [5.74, 6) is 1.82. The third-order valence-electron chi connectivity index (χ3n) is 2.98. The van der Waals surface area contributed by atoms with E-state index in [1.165, 1.54) is 32.1 Å². The zero-order valence-corrected chi connectivity index (χ0v) is 9.84. The summed E-state index contributed by atoms with van der Waals surface area (Å²) in [6.07, 6.45) is 11.2. The number of hydrogen-bond acceptors (Lipinski definition) is 0. The Morgan fingerprint density at radius 1 is 1.08 bits per heavy atom. The predicted octanol–water partition coefficient (Wildman–Crippen LogP) is 4.81. The Morgan fingerprint density at radius 2 is 1.69 bits per heavy atom. The molecule has 78 valence electrons. The van der Waals surface area contributed by atoms with Gasteiger partial charge in [-0.25, -0.2) is 0 Å². The standard InChI is InChI=1S/C13H26/c1-5-7-8-9-11-13(4)12(3)10-6-2/h5,7,12-13H,6,8-11H2,1-4H3. The van der Waals surface area contributed by atoms with Crippen molar-refractivity contribution < 1.29 is 0 Å². The molecule has 0 nitrogen and oxygen atoms in total. The van der Waals surface area contributed by atoms with Crippen LogP contribution in [0.5, 0.6) is 0 Å². The first-order valence-corrected chi connectivity index (χ1v) is 5.83. The SMILES string of the molecule is CC=CCCCC(C)C(C)CCC. The van der Waals surface area contributed by atoms with Crippen LogP contribution in [0.1, 0.15) is 59.8 Å². The van der Waals surface area contributed by atoms with Crippen LogP contribution in [0.2, 0.25) is 0 Å². The highest BCUT2D eigenvalue weighted by Gasteiger charge is 2.09. The average molecular weight is 182 g/mol. The molecule has 0 aromatic carbocycles. The van der Waals surface area contributed by atoms with Crippen molar-refractivity contribution in [1.29, 1.82) is 0 Å². The van der Waals surface area contributed by atoms with E-state index in [1.807, 2.05) is 0 Å². The molecular formula is C13H26. The minimum Gasteiger partial charge on any atom is -0.0917 e. The van der Waals surface area contributed by atoms with Crippen LogP contribution in [-0.2, 0) is 0 Å². The van der Waals surface area contributed by atoms with Crippen LogP contribution in [-0.4, -0.2) is 0 Å². The zero-order valence-electron chi connectivity index (χ0n) is 9.84. The van der Waals surface area contributed by atoms with Gasteiger partial charge in [-0.1, -0.05) is 52.2 Å². The lowest BCUT2D eigenvalue weighted by molar-refractivity contribution is 0.335. The second kappa shape index (κ2) is 8.34. The molecule has 0 spiro atoms. The van der Waals surface area contributed by atoms with Crippen LogP contribution >= 0.6 is 0 Å². The summed E-state index contributed by atoms with van der Waals surface area (Å²) >= 11 is 0. The Bertz CT molecular complexity index is 124. The quantitative estimate of drug-likeness (QED) is 0.392. The number of hydrogen-bond donors (Lipinski definition) is 0. The summed E-state index contributed by atoms with van der Waals surface area (Å²) in [4.78, 5) is 0. The molecule has 2 unspecified atom stereocenters. The summed E-state index contributed by atoms with van der Waals surface area (Å²) in [6, 6.07) is 0. The van der Waals surface area contributed by atoms with Gasteiger partial charge in [-0.15, -0.1) is 0 Å². The molecule has 0 saturated carbocycles. The van der Waals surface area contributed by atoms with Gasteiger partial charge in [-0.05, 0) is 31.6 Å². The van der Waals surface area contributed by atoms with Crippen molar-refractivity contribution in [2.75, 3.05) is 0 Å². The third kappa shape index (κ3) is 6.86. The topological polar surface area (TPSA) is 0 Å². The highest BCUT2D eigenvalue weighted by atomic mass is 14.2. The van der Waals surface area contributed by atoms with Gasteiger partial charge in [0.15, 0.2) is 0 Å². The van der Waals surface area contributed by atoms with E-state index in [2.05, 4.69) is 39.8 Å². The van der Waals surface area contributed by atoms with Crippen LogP contribution < -0.4 is 0 Å². The second-order valence-corrected chi connectivity index (χ2v) is 4.24. The number of rotatable bonds is 7. The fourth-order valence-electron chi connectivity index (χ4n) is 1.75. The Kier molecular flexibility index (Phi) is 8.18. The van der Waals surface area contributed by atoms with Gasteiger partial charge in [0, 0.05) is 0 Å². The van der Waals surface area contributed by atoms with E-state index in [-0.39, 0.29) is 0 Å². The van der Waals surface area contributed by atoms with Gasteiger partial charge in [-0.2, -0.15) is 0 Å². The highest BCUT2D eigenvalue weighted by molar-refractivity contribution is 4.76. The van der Waals surface area contributed by atoms with Gasteiger partial charge in [0.25, 0.3) is 0 Å². The molecule has 13 heavy (non-hydrogen) atoms. The molecule has 0 N–H and O–H groups in total. The molecule has 0 aliphatic carbocycles. The smallest absolute Gasteiger partial charge is 0.0351 e. The van der Waals surface area contributed by atoms with Crippen molar-refractivity contribution >= 4 is 0 Å². The minimum absolute atomic E-state index is 0.908. The molecule has 0 fully saturated rings. The fraction of sp³-hybridized carbons (Fsp3) is 0.846. The molecule has 0 radical (unpaired) electrons. The van der Waals surface area contributed by atoms with Crippen LogP contribution in [0.4, 0.5) is 0 Å². The predicted molar refractivity (Wildman–Crippen MR) is 61.9 cm³/mol. The summed E-state index contributed by atoms with van der Waals surface area (Å²) in [5.41, 5.74) is 0. The Hall–Kier alpha value is -0.260. The summed E-state index contributed by atoms with van der Waals surface area (Å²) in [6.45, 7) is 9.17. The molecule has 0 aromatic rings. The number of unbranched alkanes of at least 4 members (excludes halogenated alkanes) is 1. The van der Waals surface area contributed by atoms with E-state index in [0.717, 1.165) is 11.8 Å². The first-order valence-electron chi connectivity index (χ1n) is 5.83. The van der Waals surface area contributed by atoms with Gasteiger partial charge in [0.1, 0.15) is 0 Å². The lowest BCUT2D eigenvalue weighted by Crippen LogP contribution is -2.07. The van der Waals surface area contributed by atoms with Crippen molar-refractivity contribution in [1.82, 2.24) is 0 Å². The summed E-state index contributed by atoms with van der Waals surface area (Å²) in [7, 11) is 0. The van der Waals surface area contributed by atoms with Gasteiger partial charge in [0.2, 0.25) is 0 Å². The zero-order chi connectivity index (χ0) is 10.1. The van der Waals surface area contributed by atoms with Gasteiger partial charge >= 0.3 is 0 Å². The average Bonchev–Trinajstić information content (AvgIpc) is 2.12. The van der Waals surface area contributed by atoms with Crippen molar-refractivity contribution in [3.63, 3.8) is 0 Å². The largest absolute Gasteiger partial charge is 0.0917 e. The molecule has 0 bridgehead atoms. The maximum absolute atomic E-state index is 2.40. The van der Waals surface area contributed by atoms with E-state index in [9.17, 15) is 0 Å². The lowest BCUT2D eigenvalue weighted by Gasteiger charge is -2.18. The van der Waals surface area contributed by atoms with Gasteiger partial charge in [0.05, 0.1) is 0 Å². The van der Waals surface area contributed by atoms with E-state index in [0.29, 0.717) is 0 Å².